The van der Waals surface area contributed by atoms with Crippen molar-refractivity contribution in [2.45, 2.75) is 25.7 Å². The molecule has 0 aliphatic rings. The van der Waals surface area contributed by atoms with Gasteiger partial charge in [-0.3, -0.25) is 0 Å². The van der Waals surface area contributed by atoms with E-state index in [1.165, 1.54) is 14.2 Å². The van der Waals surface area contributed by atoms with E-state index in [0.29, 0.717) is 6.42 Å². The average molecular weight is 210 g/mol. The highest BCUT2D eigenvalue weighted by atomic mass is 16.7. The lowest BCUT2D eigenvalue weighted by Crippen LogP contribution is -2.23. The predicted molar refractivity (Wildman–Crippen MR) is 48.8 cm³/mol. The van der Waals surface area contributed by atoms with E-state index in [9.17, 15) is 4.79 Å². The smallest absolute Gasteiger partial charge is 0.361 e. The van der Waals surface area contributed by atoms with Gasteiger partial charge in [-0.1, -0.05) is 0 Å². The number of carboxylic acid groups (broad SMARTS) is 1. The van der Waals surface area contributed by atoms with E-state index in [1.807, 2.05) is 0 Å². The molecule has 0 aliphatic carbocycles. The largest absolute Gasteiger partial charge is 0.477 e. The number of carbonyl (C=O) groups is 1. The minimum atomic E-state index is -1.13. The summed E-state index contributed by atoms with van der Waals surface area (Å²) in [6.07, 6.45) is -0.995. The molecule has 0 rings (SSSR count). The first-order valence-corrected chi connectivity index (χ1v) is 4.06. The fraction of sp³-hybridized carbons (Fsp3) is 0.875. The van der Waals surface area contributed by atoms with Crippen LogP contribution in [0.3, 0.4) is 0 Å². The maximum absolute atomic E-state index is 9.91. The average Bonchev–Trinajstić information content (AvgIpc) is 2.06. The summed E-state index contributed by atoms with van der Waals surface area (Å²) in [5.74, 6) is -1.12. The number of aliphatic hydroxyl groups excluding tert-OH is 2. The lowest BCUT2D eigenvalue weighted by molar-refractivity contribution is -0.177. The molecule has 0 saturated carbocycles. The van der Waals surface area contributed by atoms with Crippen LogP contribution in [0, 0.1) is 0 Å². The van der Waals surface area contributed by atoms with E-state index in [1.54, 1.807) is 6.92 Å². The molecule has 0 aromatic heterocycles. The van der Waals surface area contributed by atoms with Crippen LogP contribution >= 0.6 is 0 Å². The lowest BCUT2D eigenvalue weighted by atomic mass is 10.3. The number of hydrogen-bond donors (Lipinski definition) is 3. The van der Waals surface area contributed by atoms with Crippen molar-refractivity contribution in [2.75, 3.05) is 20.8 Å². The zero-order valence-electron chi connectivity index (χ0n) is 8.64. The fourth-order valence-corrected chi connectivity index (χ4v) is 0.485. The van der Waals surface area contributed by atoms with Crippen LogP contribution < -0.4 is 0 Å². The van der Waals surface area contributed by atoms with Crippen LogP contribution in [0.2, 0.25) is 0 Å². The van der Waals surface area contributed by atoms with Crippen LogP contribution in [0.4, 0.5) is 0 Å². The summed E-state index contributed by atoms with van der Waals surface area (Å²) in [6.45, 7) is 1.73. The van der Waals surface area contributed by atoms with Gasteiger partial charge in [0.15, 0.2) is 0 Å². The molecular weight excluding hydrogens is 192 g/mol. The molecular formula is C8H18O6. The topological polar surface area (TPSA) is 96.2 Å². The number of methoxy groups -OCH3 is 2. The van der Waals surface area contributed by atoms with Crippen molar-refractivity contribution < 1.29 is 29.6 Å². The van der Waals surface area contributed by atoms with E-state index < -0.39 is 12.3 Å². The van der Waals surface area contributed by atoms with Crippen LogP contribution in [-0.2, 0) is 14.3 Å². The summed E-state index contributed by atoms with van der Waals surface area (Å²) in [7, 11) is 2.53. The van der Waals surface area contributed by atoms with E-state index in [0.717, 1.165) is 0 Å². The number of ether oxygens (including phenoxy) is 2. The standard InChI is InChI=1S/C4H8O4.C4H10O2/c1-7-4(8-2)3(5)6;1-4(6)2-3-5/h4H,1-2H3,(H,5,6);4-6H,2-3H2,1H3. The Morgan fingerprint density at radius 1 is 1.36 bits per heavy atom. The summed E-state index contributed by atoms with van der Waals surface area (Å²) in [4.78, 5) is 9.91. The Morgan fingerprint density at radius 2 is 1.79 bits per heavy atom. The number of hydrogen-bond acceptors (Lipinski definition) is 5. The van der Waals surface area contributed by atoms with Crippen LogP contribution in [0.1, 0.15) is 13.3 Å². The summed E-state index contributed by atoms with van der Waals surface area (Å²) >= 11 is 0. The van der Waals surface area contributed by atoms with Gasteiger partial charge in [-0.2, -0.15) is 0 Å². The highest BCUT2D eigenvalue weighted by Gasteiger charge is 2.12. The third kappa shape index (κ3) is 11.3. The molecule has 0 spiro atoms. The molecule has 0 amide bonds. The van der Waals surface area contributed by atoms with Crippen LogP contribution in [0.15, 0.2) is 0 Å². The first kappa shape index (κ1) is 15.8. The predicted octanol–water partition coefficient (Wildman–Crippen LogP) is -0.560. The second-order valence-electron chi connectivity index (χ2n) is 2.50. The molecule has 6 heteroatoms. The zero-order valence-corrected chi connectivity index (χ0v) is 8.64. The van der Waals surface area contributed by atoms with Crippen molar-refractivity contribution in [3.8, 4) is 0 Å². The molecule has 0 saturated heterocycles. The summed E-state index contributed by atoms with van der Waals surface area (Å²) in [6, 6.07) is 0. The molecule has 0 bridgehead atoms. The first-order valence-electron chi connectivity index (χ1n) is 4.06. The number of rotatable bonds is 5. The minimum absolute atomic E-state index is 0.0810. The summed E-state index contributed by atoms with van der Waals surface area (Å²) < 4.78 is 8.68. The molecule has 1 atom stereocenters. The molecule has 3 N–H and O–H groups in total. The molecule has 0 fully saturated rings. The summed E-state index contributed by atoms with van der Waals surface area (Å²) in [5.41, 5.74) is 0. The number of aliphatic carboxylic acids is 1. The number of carboxylic acids is 1. The van der Waals surface area contributed by atoms with Crippen molar-refractivity contribution in [3.05, 3.63) is 0 Å². The van der Waals surface area contributed by atoms with Gasteiger partial charge in [-0.25, -0.2) is 4.79 Å². The van der Waals surface area contributed by atoms with Gasteiger partial charge in [-0.15, -0.1) is 0 Å². The van der Waals surface area contributed by atoms with E-state index >= 15 is 0 Å². The van der Waals surface area contributed by atoms with Gasteiger partial charge in [-0.05, 0) is 13.3 Å². The summed E-state index contributed by atoms with van der Waals surface area (Å²) in [5, 5.41) is 24.6. The molecule has 6 nitrogen and oxygen atoms in total. The van der Waals surface area contributed by atoms with Gasteiger partial charge >= 0.3 is 5.97 Å². The van der Waals surface area contributed by atoms with E-state index in [2.05, 4.69) is 9.47 Å². The maximum atomic E-state index is 9.91. The van der Waals surface area contributed by atoms with E-state index in [-0.39, 0.29) is 12.7 Å². The Kier molecular flexibility index (Phi) is 11.7. The molecule has 86 valence electrons. The Balaban J connectivity index is 0. The first-order chi connectivity index (χ1) is 6.49. The molecule has 0 heterocycles. The Bertz CT molecular complexity index is 132. The molecule has 0 radical (unpaired) electrons. The van der Waals surface area contributed by atoms with Crippen molar-refractivity contribution in [1.82, 2.24) is 0 Å². The van der Waals surface area contributed by atoms with Gasteiger partial charge in [0.2, 0.25) is 0 Å². The van der Waals surface area contributed by atoms with Crippen LogP contribution in [-0.4, -0.2) is 54.5 Å². The molecule has 1 unspecified atom stereocenters. The van der Waals surface area contributed by atoms with Crippen molar-refractivity contribution in [1.29, 1.82) is 0 Å². The highest BCUT2D eigenvalue weighted by Crippen LogP contribution is 1.87. The van der Waals surface area contributed by atoms with Crippen LogP contribution in [0.25, 0.3) is 0 Å². The second kappa shape index (κ2) is 10.4. The monoisotopic (exact) mass is 210 g/mol. The van der Waals surface area contributed by atoms with Crippen molar-refractivity contribution in [3.63, 3.8) is 0 Å². The van der Waals surface area contributed by atoms with Gasteiger partial charge in [0.05, 0.1) is 6.10 Å². The SMILES string of the molecule is CC(O)CCO.COC(OC)C(=O)O. The third-order valence-corrected chi connectivity index (χ3v) is 1.18. The highest BCUT2D eigenvalue weighted by molar-refractivity contribution is 5.70. The van der Waals surface area contributed by atoms with Crippen LogP contribution in [0.5, 0.6) is 0 Å². The van der Waals surface area contributed by atoms with E-state index in [4.69, 9.17) is 15.3 Å². The maximum Gasteiger partial charge on any atom is 0.361 e. The fourth-order valence-electron chi connectivity index (χ4n) is 0.485. The Labute approximate surface area is 83.1 Å². The Hall–Kier alpha value is -0.690. The van der Waals surface area contributed by atoms with Gasteiger partial charge < -0.3 is 24.8 Å². The lowest BCUT2D eigenvalue weighted by Gasteiger charge is -2.05. The quantitative estimate of drug-likeness (QED) is 0.526. The van der Waals surface area contributed by atoms with Gasteiger partial charge in [0.1, 0.15) is 0 Å². The Morgan fingerprint density at radius 3 is 1.79 bits per heavy atom. The molecule has 0 aliphatic heterocycles. The van der Waals surface area contributed by atoms with Gasteiger partial charge in [0.25, 0.3) is 6.29 Å². The zero-order chi connectivity index (χ0) is 11.6. The third-order valence-electron chi connectivity index (χ3n) is 1.18. The van der Waals surface area contributed by atoms with Crippen molar-refractivity contribution >= 4 is 5.97 Å². The van der Waals surface area contributed by atoms with Crippen molar-refractivity contribution in [2.24, 2.45) is 0 Å². The molecule has 0 aromatic carbocycles. The minimum Gasteiger partial charge on any atom is -0.477 e. The second-order valence-corrected chi connectivity index (χ2v) is 2.50. The number of aliphatic hydroxyl groups is 2. The van der Waals surface area contributed by atoms with Gasteiger partial charge in [0, 0.05) is 20.8 Å². The normalized spacial score (nSPS) is 11.9. The molecule has 14 heavy (non-hydrogen) atoms. The molecule has 0 aromatic rings.